The molecule has 1 N–H and O–H groups in total. The Balaban J connectivity index is 3.07. The highest BCUT2D eigenvalue weighted by Gasteiger charge is 2.22. The summed E-state index contributed by atoms with van der Waals surface area (Å²) in [6.45, 7) is 0. The van der Waals surface area contributed by atoms with Crippen molar-refractivity contribution in [2.75, 3.05) is 7.11 Å². The lowest BCUT2D eigenvalue weighted by Gasteiger charge is -2.13. The summed E-state index contributed by atoms with van der Waals surface area (Å²) >= 11 is 0. The minimum atomic E-state index is -2.92. The number of benzene rings is 1. The van der Waals surface area contributed by atoms with E-state index in [0.717, 1.165) is 18.2 Å². The molecule has 5 heteroatoms. The van der Waals surface area contributed by atoms with E-state index in [1.807, 2.05) is 0 Å². The molecule has 0 bridgehead atoms. The van der Waals surface area contributed by atoms with E-state index >= 15 is 0 Å². The zero-order valence-corrected chi connectivity index (χ0v) is 7.38. The van der Waals surface area contributed by atoms with Crippen LogP contribution in [0.1, 0.15) is 11.7 Å². The number of methoxy groups -OCH3 is 1. The van der Waals surface area contributed by atoms with Gasteiger partial charge in [-0.05, 0) is 12.1 Å². The van der Waals surface area contributed by atoms with Crippen molar-refractivity contribution in [3.63, 3.8) is 0 Å². The Morgan fingerprint density at radius 2 is 2.00 bits per heavy atom. The van der Waals surface area contributed by atoms with E-state index in [1.165, 1.54) is 7.11 Å². The smallest absolute Gasteiger partial charge is 0.268 e. The highest BCUT2D eigenvalue weighted by atomic mass is 19.3. The molecule has 0 aliphatic heterocycles. The summed E-state index contributed by atoms with van der Waals surface area (Å²) in [7, 11) is 1.22. The molecule has 0 aromatic heterocycles. The predicted molar refractivity (Wildman–Crippen MR) is 43.9 cm³/mol. The summed E-state index contributed by atoms with van der Waals surface area (Å²) in [5.41, 5.74) is -0.121. The van der Waals surface area contributed by atoms with Crippen molar-refractivity contribution in [1.82, 2.24) is 0 Å². The van der Waals surface area contributed by atoms with Gasteiger partial charge in [0, 0.05) is 11.6 Å². The van der Waals surface area contributed by atoms with Crippen molar-refractivity contribution < 1.29 is 23.0 Å². The average Bonchev–Trinajstić information content (AvgIpc) is 2.16. The van der Waals surface area contributed by atoms with Crippen LogP contribution in [0.15, 0.2) is 18.2 Å². The van der Waals surface area contributed by atoms with Gasteiger partial charge in [-0.15, -0.1) is 0 Å². The van der Waals surface area contributed by atoms with Crippen molar-refractivity contribution in [1.29, 1.82) is 0 Å². The molecule has 14 heavy (non-hydrogen) atoms. The third-order valence-electron chi connectivity index (χ3n) is 1.75. The predicted octanol–water partition coefficient (Wildman–Crippen LogP) is 2.13. The van der Waals surface area contributed by atoms with Gasteiger partial charge in [-0.3, -0.25) is 0 Å². The van der Waals surface area contributed by atoms with Gasteiger partial charge in [0.2, 0.25) is 0 Å². The molecule has 1 rings (SSSR count). The number of alkyl halides is 2. The fourth-order valence-corrected chi connectivity index (χ4v) is 1.07. The van der Waals surface area contributed by atoms with Crippen LogP contribution in [0.2, 0.25) is 0 Å². The minimum Gasteiger partial charge on any atom is -0.496 e. The summed E-state index contributed by atoms with van der Waals surface area (Å²) in [4.78, 5) is 0. The Morgan fingerprint density at radius 1 is 1.36 bits per heavy atom. The molecule has 1 unspecified atom stereocenters. The largest absolute Gasteiger partial charge is 0.496 e. The van der Waals surface area contributed by atoms with E-state index in [1.54, 1.807) is 0 Å². The second-order valence-corrected chi connectivity index (χ2v) is 2.67. The molecular formula is C9H9F3O2. The highest BCUT2D eigenvalue weighted by Crippen LogP contribution is 2.29. The Morgan fingerprint density at radius 3 is 2.50 bits per heavy atom. The summed E-state index contributed by atoms with van der Waals surface area (Å²) in [6, 6.07) is 3.01. The third-order valence-corrected chi connectivity index (χ3v) is 1.75. The number of hydrogen-bond donors (Lipinski definition) is 1. The molecule has 0 saturated carbocycles. The lowest BCUT2D eigenvalue weighted by molar-refractivity contribution is -0.00703. The molecule has 2 nitrogen and oxygen atoms in total. The van der Waals surface area contributed by atoms with Crippen LogP contribution in [0.25, 0.3) is 0 Å². The molecule has 1 atom stereocenters. The molecule has 0 radical (unpaired) electrons. The van der Waals surface area contributed by atoms with Crippen molar-refractivity contribution in [2.45, 2.75) is 12.5 Å². The summed E-state index contributed by atoms with van der Waals surface area (Å²) in [5, 5.41) is 9.05. The molecule has 0 heterocycles. The van der Waals surface area contributed by atoms with Crippen LogP contribution in [0, 0.1) is 5.82 Å². The monoisotopic (exact) mass is 206 g/mol. The lowest BCUT2D eigenvalue weighted by atomic mass is 10.1. The fraction of sp³-hybridized carbons (Fsp3) is 0.333. The molecule has 0 amide bonds. The topological polar surface area (TPSA) is 29.5 Å². The van der Waals surface area contributed by atoms with Gasteiger partial charge in [-0.1, -0.05) is 0 Å². The molecule has 0 saturated heterocycles. The Hall–Kier alpha value is -1.23. The van der Waals surface area contributed by atoms with Gasteiger partial charge >= 0.3 is 0 Å². The molecule has 0 spiro atoms. The molecule has 78 valence electrons. The summed E-state index contributed by atoms with van der Waals surface area (Å²) in [5.74, 6) is -0.690. The molecule has 1 aromatic rings. The van der Waals surface area contributed by atoms with Gasteiger partial charge < -0.3 is 9.84 Å². The first kappa shape index (κ1) is 10.8. The maximum atomic E-state index is 12.6. The maximum Gasteiger partial charge on any atom is 0.268 e. The number of rotatable bonds is 3. The van der Waals surface area contributed by atoms with Gasteiger partial charge in [0.1, 0.15) is 17.7 Å². The lowest BCUT2D eigenvalue weighted by Crippen LogP contribution is -2.09. The number of aliphatic hydroxyl groups is 1. The third kappa shape index (κ3) is 2.17. The Kier molecular flexibility index (Phi) is 3.35. The first-order valence-electron chi connectivity index (χ1n) is 3.86. The highest BCUT2D eigenvalue weighted by molar-refractivity contribution is 5.35. The van der Waals surface area contributed by atoms with Crippen molar-refractivity contribution in [2.24, 2.45) is 0 Å². The van der Waals surface area contributed by atoms with Gasteiger partial charge in [-0.25, -0.2) is 13.2 Å². The van der Waals surface area contributed by atoms with Crippen molar-refractivity contribution in [3.05, 3.63) is 29.6 Å². The molecule has 1 aromatic carbocycles. The van der Waals surface area contributed by atoms with Crippen LogP contribution in [0.5, 0.6) is 5.75 Å². The maximum absolute atomic E-state index is 12.6. The molecular weight excluding hydrogens is 197 g/mol. The average molecular weight is 206 g/mol. The van der Waals surface area contributed by atoms with Gasteiger partial charge in [0.25, 0.3) is 6.43 Å². The number of aliphatic hydroxyl groups excluding tert-OH is 1. The number of halogens is 3. The van der Waals surface area contributed by atoms with E-state index in [9.17, 15) is 13.2 Å². The van der Waals surface area contributed by atoms with Crippen LogP contribution >= 0.6 is 0 Å². The first-order valence-corrected chi connectivity index (χ1v) is 3.86. The van der Waals surface area contributed by atoms with Crippen LogP contribution in [-0.4, -0.2) is 18.6 Å². The molecule has 0 aliphatic carbocycles. The SMILES string of the molecule is COc1cc(F)ccc1C(O)C(F)F. The number of hydrogen-bond acceptors (Lipinski definition) is 2. The normalized spacial score (nSPS) is 13.0. The van der Waals surface area contributed by atoms with E-state index in [4.69, 9.17) is 5.11 Å². The van der Waals surface area contributed by atoms with Gasteiger partial charge in [-0.2, -0.15) is 0 Å². The summed E-state index contributed by atoms with van der Waals surface area (Å²) in [6.07, 6.45) is -4.88. The van der Waals surface area contributed by atoms with E-state index in [0.29, 0.717) is 0 Å². The van der Waals surface area contributed by atoms with Crippen LogP contribution < -0.4 is 4.74 Å². The Bertz CT molecular complexity index is 315. The van der Waals surface area contributed by atoms with Crippen LogP contribution in [-0.2, 0) is 0 Å². The summed E-state index contributed by atoms with van der Waals surface area (Å²) < 4.78 is 41.6. The first-order chi connectivity index (χ1) is 6.56. The zero-order valence-electron chi connectivity index (χ0n) is 7.38. The van der Waals surface area contributed by atoms with Crippen molar-refractivity contribution in [3.8, 4) is 5.75 Å². The standard InChI is InChI=1S/C9H9F3O2/c1-14-7-4-5(10)2-3-6(7)8(13)9(11)12/h2-4,8-9,13H,1H3. The Labute approximate surface area is 78.9 Å². The van der Waals surface area contributed by atoms with E-state index < -0.39 is 18.3 Å². The molecule has 0 aliphatic rings. The minimum absolute atomic E-state index is 0.0854. The second kappa shape index (κ2) is 4.32. The zero-order chi connectivity index (χ0) is 10.7. The van der Waals surface area contributed by atoms with Gasteiger partial charge in [0.15, 0.2) is 0 Å². The van der Waals surface area contributed by atoms with E-state index in [-0.39, 0.29) is 11.3 Å². The van der Waals surface area contributed by atoms with E-state index in [2.05, 4.69) is 4.74 Å². The quantitative estimate of drug-likeness (QED) is 0.820. The second-order valence-electron chi connectivity index (χ2n) is 2.67. The molecule has 0 fully saturated rings. The van der Waals surface area contributed by atoms with Gasteiger partial charge in [0.05, 0.1) is 7.11 Å². The van der Waals surface area contributed by atoms with Crippen LogP contribution in [0.3, 0.4) is 0 Å². The van der Waals surface area contributed by atoms with Crippen LogP contribution in [0.4, 0.5) is 13.2 Å². The fourth-order valence-electron chi connectivity index (χ4n) is 1.07. The number of ether oxygens (including phenoxy) is 1. The van der Waals surface area contributed by atoms with Crippen molar-refractivity contribution >= 4 is 0 Å².